The highest BCUT2D eigenvalue weighted by Crippen LogP contribution is 2.21. The second-order valence-corrected chi connectivity index (χ2v) is 3.72. The first kappa shape index (κ1) is 11.7. The smallest absolute Gasteiger partial charge is 0.337 e. The summed E-state index contributed by atoms with van der Waals surface area (Å²) in [6.45, 7) is 4.04. The molecule has 0 aliphatic heterocycles. The highest BCUT2D eigenvalue weighted by Gasteiger charge is 2.10. The van der Waals surface area contributed by atoms with Crippen LogP contribution in [0, 0.1) is 0 Å². The van der Waals surface area contributed by atoms with E-state index in [9.17, 15) is 9.90 Å². The van der Waals surface area contributed by atoms with E-state index in [1.807, 2.05) is 19.9 Å². The van der Waals surface area contributed by atoms with Crippen LogP contribution >= 0.6 is 0 Å². The van der Waals surface area contributed by atoms with Crippen molar-refractivity contribution in [2.75, 3.05) is 7.11 Å². The van der Waals surface area contributed by atoms with Crippen molar-refractivity contribution >= 4 is 5.97 Å². The number of benzene rings is 1. The van der Waals surface area contributed by atoms with Crippen LogP contribution in [0.5, 0.6) is 0 Å². The number of hydrogen-bond acceptors (Lipinski definition) is 3. The fraction of sp³-hybridized carbons (Fsp3) is 0.417. The molecule has 3 nitrogen and oxygen atoms in total. The number of methoxy groups -OCH3 is 1. The number of rotatable bonds is 3. The Morgan fingerprint density at radius 2 is 2.13 bits per heavy atom. The van der Waals surface area contributed by atoms with Gasteiger partial charge in [-0.05, 0) is 29.2 Å². The number of hydrogen-bond donors (Lipinski definition) is 1. The summed E-state index contributed by atoms with van der Waals surface area (Å²) in [5.41, 5.74) is 2.32. The Kier molecular flexibility index (Phi) is 3.86. The van der Waals surface area contributed by atoms with Gasteiger partial charge < -0.3 is 9.84 Å². The molecule has 15 heavy (non-hydrogen) atoms. The van der Waals surface area contributed by atoms with Crippen molar-refractivity contribution in [3.8, 4) is 0 Å². The van der Waals surface area contributed by atoms with Crippen molar-refractivity contribution in [1.82, 2.24) is 0 Å². The Labute approximate surface area is 89.7 Å². The van der Waals surface area contributed by atoms with Crippen LogP contribution in [0.25, 0.3) is 0 Å². The van der Waals surface area contributed by atoms with E-state index < -0.39 is 0 Å². The molecule has 0 saturated heterocycles. The minimum atomic E-state index is -0.375. The molecule has 0 heterocycles. The van der Waals surface area contributed by atoms with Gasteiger partial charge in [0.15, 0.2) is 0 Å². The maximum absolute atomic E-state index is 11.3. The molecule has 0 radical (unpaired) electrons. The van der Waals surface area contributed by atoms with E-state index in [0.29, 0.717) is 11.5 Å². The molecule has 1 aromatic rings. The molecule has 0 fully saturated rings. The van der Waals surface area contributed by atoms with Gasteiger partial charge in [-0.1, -0.05) is 19.9 Å². The molecule has 0 aliphatic carbocycles. The number of ether oxygens (including phenoxy) is 1. The van der Waals surface area contributed by atoms with E-state index in [4.69, 9.17) is 0 Å². The standard InChI is InChI=1S/C12H16O3/c1-8(2)11-5-4-9(12(14)15-3)6-10(11)7-13/h4-6,8,13H,7H2,1-3H3. The lowest BCUT2D eigenvalue weighted by Gasteiger charge is -2.11. The summed E-state index contributed by atoms with van der Waals surface area (Å²) >= 11 is 0. The first-order valence-electron chi connectivity index (χ1n) is 4.92. The highest BCUT2D eigenvalue weighted by molar-refractivity contribution is 5.89. The molecule has 0 amide bonds. The molecular formula is C12H16O3. The minimum Gasteiger partial charge on any atom is -0.465 e. The summed E-state index contributed by atoms with van der Waals surface area (Å²) in [4.78, 5) is 11.3. The summed E-state index contributed by atoms with van der Waals surface area (Å²) in [5.74, 6) is -0.0427. The molecule has 0 saturated carbocycles. The van der Waals surface area contributed by atoms with Gasteiger partial charge in [-0.3, -0.25) is 0 Å². The van der Waals surface area contributed by atoms with Crippen molar-refractivity contribution in [2.24, 2.45) is 0 Å². The summed E-state index contributed by atoms with van der Waals surface area (Å²) in [6.07, 6.45) is 0. The van der Waals surface area contributed by atoms with Crippen LogP contribution in [0.1, 0.15) is 41.3 Å². The number of carbonyl (C=O) groups excluding carboxylic acids is 1. The molecule has 0 bridgehead atoms. The number of carbonyl (C=O) groups is 1. The molecule has 1 rings (SSSR count). The number of aliphatic hydroxyl groups excluding tert-OH is 1. The lowest BCUT2D eigenvalue weighted by molar-refractivity contribution is 0.0600. The third kappa shape index (κ3) is 2.57. The van der Waals surface area contributed by atoms with E-state index in [2.05, 4.69) is 4.74 Å². The Morgan fingerprint density at radius 1 is 1.47 bits per heavy atom. The van der Waals surface area contributed by atoms with Crippen molar-refractivity contribution in [2.45, 2.75) is 26.4 Å². The van der Waals surface area contributed by atoms with Gasteiger partial charge in [0.2, 0.25) is 0 Å². The van der Waals surface area contributed by atoms with Gasteiger partial charge in [0, 0.05) is 0 Å². The first-order valence-corrected chi connectivity index (χ1v) is 4.92. The van der Waals surface area contributed by atoms with Crippen LogP contribution in [-0.4, -0.2) is 18.2 Å². The second kappa shape index (κ2) is 4.94. The summed E-state index contributed by atoms with van der Waals surface area (Å²) in [7, 11) is 1.34. The molecule has 0 atom stereocenters. The molecule has 1 aromatic carbocycles. The Hall–Kier alpha value is -1.35. The summed E-state index contributed by atoms with van der Waals surface area (Å²) in [5, 5.41) is 9.19. The number of aliphatic hydroxyl groups is 1. The zero-order valence-electron chi connectivity index (χ0n) is 9.28. The maximum Gasteiger partial charge on any atom is 0.337 e. The summed E-state index contributed by atoms with van der Waals surface area (Å²) < 4.78 is 4.62. The minimum absolute atomic E-state index is 0.0572. The first-order chi connectivity index (χ1) is 7.10. The van der Waals surface area contributed by atoms with Crippen molar-refractivity contribution in [3.05, 3.63) is 34.9 Å². The summed E-state index contributed by atoms with van der Waals surface area (Å²) in [6, 6.07) is 5.27. The Morgan fingerprint density at radius 3 is 2.60 bits per heavy atom. The van der Waals surface area contributed by atoms with E-state index >= 15 is 0 Å². The lowest BCUT2D eigenvalue weighted by atomic mass is 9.96. The SMILES string of the molecule is COC(=O)c1ccc(C(C)C)c(CO)c1. The average Bonchev–Trinajstić information content (AvgIpc) is 2.26. The zero-order chi connectivity index (χ0) is 11.4. The van der Waals surface area contributed by atoms with Crippen LogP contribution in [0.4, 0.5) is 0 Å². The second-order valence-electron chi connectivity index (χ2n) is 3.72. The highest BCUT2D eigenvalue weighted by atomic mass is 16.5. The fourth-order valence-corrected chi connectivity index (χ4v) is 1.55. The fourth-order valence-electron chi connectivity index (χ4n) is 1.55. The Bertz CT molecular complexity index is 356. The van der Waals surface area contributed by atoms with Gasteiger partial charge in [-0.2, -0.15) is 0 Å². The average molecular weight is 208 g/mol. The molecular weight excluding hydrogens is 192 g/mol. The maximum atomic E-state index is 11.3. The van der Waals surface area contributed by atoms with Crippen LogP contribution in [0.3, 0.4) is 0 Å². The van der Waals surface area contributed by atoms with Crippen molar-refractivity contribution in [3.63, 3.8) is 0 Å². The molecule has 1 N–H and O–H groups in total. The lowest BCUT2D eigenvalue weighted by Crippen LogP contribution is -2.04. The van der Waals surface area contributed by atoms with Crippen LogP contribution < -0.4 is 0 Å². The predicted molar refractivity (Wildman–Crippen MR) is 57.8 cm³/mol. The third-order valence-corrected chi connectivity index (χ3v) is 2.36. The van der Waals surface area contributed by atoms with Crippen LogP contribution in [0.2, 0.25) is 0 Å². The van der Waals surface area contributed by atoms with Gasteiger partial charge in [0.05, 0.1) is 19.3 Å². The molecule has 0 aliphatic rings. The van der Waals surface area contributed by atoms with Crippen molar-refractivity contribution < 1.29 is 14.6 Å². The Balaban J connectivity index is 3.13. The zero-order valence-corrected chi connectivity index (χ0v) is 9.28. The monoisotopic (exact) mass is 208 g/mol. The number of esters is 1. The van der Waals surface area contributed by atoms with Crippen LogP contribution in [0.15, 0.2) is 18.2 Å². The van der Waals surface area contributed by atoms with Crippen molar-refractivity contribution in [1.29, 1.82) is 0 Å². The van der Waals surface area contributed by atoms with E-state index in [1.165, 1.54) is 7.11 Å². The van der Waals surface area contributed by atoms with Gasteiger partial charge in [0.1, 0.15) is 0 Å². The van der Waals surface area contributed by atoms with Gasteiger partial charge in [-0.15, -0.1) is 0 Å². The molecule has 0 unspecified atom stereocenters. The normalized spacial score (nSPS) is 10.5. The molecule has 0 spiro atoms. The van der Waals surface area contributed by atoms with Crippen LogP contribution in [-0.2, 0) is 11.3 Å². The van der Waals surface area contributed by atoms with Gasteiger partial charge in [-0.25, -0.2) is 4.79 Å². The largest absolute Gasteiger partial charge is 0.465 e. The predicted octanol–water partition coefficient (Wildman–Crippen LogP) is 2.09. The van der Waals surface area contributed by atoms with Gasteiger partial charge >= 0.3 is 5.97 Å². The van der Waals surface area contributed by atoms with E-state index in [-0.39, 0.29) is 12.6 Å². The van der Waals surface area contributed by atoms with Gasteiger partial charge in [0.25, 0.3) is 0 Å². The molecule has 3 heteroatoms. The molecule has 0 aromatic heterocycles. The third-order valence-electron chi connectivity index (χ3n) is 2.36. The topological polar surface area (TPSA) is 46.5 Å². The molecule has 82 valence electrons. The van der Waals surface area contributed by atoms with E-state index in [0.717, 1.165) is 11.1 Å². The quantitative estimate of drug-likeness (QED) is 0.774. The van der Waals surface area contributed by atoms with E-state index in [1.54, 1.807) is 12.1 Å².